The fraction of sp³-hybridized carbons (Fsp3) is 0.846. The van der Waals surface area contributed by atoms with E-state index in [9.17, 15) is 0 Å². The summed E-state index contributed by atoms with van der Waals surface area (Å²) in [6, 6.07) is 0.415. The van der Waals surface area contributed by atoms with Crippen LogP contribution in [0.3, 0.4) is 0 Å². The van der Waals surface area contributed by atoms with Gasteiger partial charge in [-0.1, -0.05) is 6.42 Å². The first-order valence-corrected chi connectivity index (χ1v) is 7.02. The molecule has 1 aliphatic heterocycles. The molecule has 4 nitrogen and oxygen atoms in total. The zero-order chi connectivity index (χ0) is 11.7. The Balaban J connectivity index is 1.81. The molecule has 2 heterocycles. The molecule has 0 amide bonds. The molecule has 1 aromatic rings. The molecule has 94 valence electrons. The maximum Gasteiger partial charge on any atom is 0.136 e. The van der Waals surface area contributed by atoms with Gasteiger partial charge in [0.25, 0.3) is 0 Å². The number of aryl methyl sites for hydroxylation is 1. The van der Waals surface area contributed by atoms with Gasteiger partial charge in [-0.05, 0) is 38.5 Å². The van der Waals surface area contributed by atoms with Crippen LogP contribution in [-0.2, 0) is 13.0 Å². The van der Waals surface area contributed by atoms with Crippen LogP contribution in [-0.4, -0.2) is 20.8 Å². The van der Waals surface area contributed by atoms with Crippen LogP contribution < -0.4 is 5.73 Å². The highest BCUT2D eigenvalue weighted by atomic mass is 15.3. The number of hydrogen-bond donors (Lipinski definition) is 1. The fourth-order valence-corrected chi connectivity index (χ4v) is 3.19. The molecule has 0 unspecified atom stereocenters. The summed E-state index contributed by atoms with van der Waals surface area (Å²) in [6.45, 7) is 1.13. The van der Waals surface area contributed by atoms with Gasteiger partial charge >= 0.3 is 0 Å². The first-order chi connectivity index (χ1) is 8.34. The van der Waals surface area contributed by atoms with Crippen LogP contribution in [0, 0.1) is 0 Å². The third-order valence-corrected chi connectivity index (χ3v) is 4.28. The van der Waals surface area contributed by atoms with Crippen LogP contribution in [0.15, 0.2) is 0 Å². The van der Waals surface area contributed by atoms with Gasteiger partial charge in [0.05, 0.1) is 0 Å². The Morgan fingerprint density at radius 3 is 2.65 bits per heavy atom. The summed E-state index contributed by atoms with van der Waals surface area (Å²) in [5.74, 6) is 3.07. The smallest absolute Gasteiger partial charge is 0.136 e. The second kappa shape index (κ2) is 4.77. The molecule has 4 heteroatoms. The van der Waals surface area contributed by atoms with Crippen molar-refractivity contribution < 1.29 is 0 Å². The summed E-state index contributed by atoms with van der Waals surface area (Å²) in [4.78, 5) is 0. The third kappa shape index (κ3) is 2.23. The molecular weight excluding hydrogens is 212 g/mol. The zero-order valence-electron chi connectivity index (χ0n) is 10.4. The van der Waals surface area contributed by atoms with E-state index in [2.05, 4.69) is 14.8 Å². The van der Waals surface area contributed by atoms with E-state index in [-0.39, 0.29) is 0 Å². The van der Waals surface area contributed by atoms with Crippen LogP contribution in [0.4, 0.5) is 0 Å². The lowest BCUT2D eigenvalue weighted by Gasteiger charge is -2.25. The van der Waals surface area contributed by atoms with Gasteiger partial charge in [0.15, 0.2) is 0 Å². The monoisotopic (exact) mass is 234 g/mol. The summed E-state index contributed by atoms with van der Waals surface area (Å²) >= 11 is 0. The highest BCUT2D eigenvalue weighted by Crippen LogP contribution is 2.32. The molecule has 1 fully saturated rings. The van der Waals surface area contributed by atoms with Crippen LogP contribution >= 0.6 is 0 Å². The maximum atomic E-state index is 5.97. The molecule has 0 atom stereocenters. The van der Waals surface area contributed by atoms with Crippen molar-refractivity contribution in [2.24, 2.45) is 5.73 Å². The Morgan fingerprint density at radius 2 is 1.82 bits per heavy atom. The quantitative estimate of drug-likeness (QED) is 0.808. The molecule has 0 spiro atoms. The molecule has 1 aliphatic carbocycles. The minimum Gasteiger partial charge on any atom is -0.328 e. The standard InChI is InChI=1S/C13H22N4/c14-11-7-5-10(6-8-11)13-16-15-12-4-2-1-3-9-17(12)13/h10-11H,1-9,14H2. The zero-order valence-corrected chi connectivity index (χ0v) is 10.4. The van der Waals surface area contributed by atoms with Crippen molar-refractivity contribution in [1.82, 2.24) is 14.8 Å². The summed E-state index contributed by atoms with van der Waals surface area (Å²) in [6.07, 6.45) is 9.67. The molecule has 1 saturated carbocycles. The largest absolute Gasteiger partial charge is 0.328 e. The number of nitrogens with two attached hydrogens (primary N) is 1. The van der Waals surface area contributed by atoms with Gasteiger partial charge in [0.2, 0.25) is 0 Å². The molecule has 0 aromatic carbocycles. The van der Waals surface area contributed by atoms with E-state index in [4.69, 9.17) is 5.73 Å². The SMILES string of the molecule is NC1CCC(c2nnc3n2CCCCC3)CC1. The average Bonchev–Trinajstić information content (AvgIpc) is 2.60. The molecule has 0 saturated heterocycles. The van der Waals surface area contributed by atoms with Crippen molar-refractivity contribution in [2.45, 2.75) is 69.9 Å². The van der Waals surface area contributed by atoms with Gasteiger partial charge in [-0.25, -0.2) is 0 Å². The van der Waals surface area contributed by atoms with E-state index in [1.54, 1.807) is 0 Å². The lowest BCUT2D eigenvalue weighted by atomic mass is 9.86. The van der Waals surface area contributed by atoms with Crippen LogP contribution in [0.1, 0.15) is 62.5 Å². The highest BCUT2D eigenvalue weighted by molar-refractivity contribution is 5.05. The Bertz CT molecular complexity index is 377. The molecule has 0 bridgehead atoms. The number of rotatable bonds is 1. The third-order valence-electron chi connectivity index (χ3n) is 4.28. The molecule has 2 aliphatic rings. The summed E-state index contributed by atoms with van der Waals surface area (Å²) in [5.41, 5.74) is 5.97. The lowest BCUT2D eigenvalue weighted by Crippen LogP contribution is -2.27. The van der Waals surface area contributed by atoms with E-state index in [0.717, 1.165) is 25.8 Å². The van der Waals surface area contributed by atoms with E-state index >= 15 is 0 Å². The van der Waals surface area contributed by atoms with Gasteiger partial charge < -0.3 is 10.3 Å². The lowest BCUT2D eigenvalue weighted by molar-refractivity contribution is 0.374. The van der Waals surface area contributed by atoms with Gasteiger partial charge in [-0.3, -0.25) is 0 Å². The van der Waals surface area contributed by atoms with E-state index < -0.39 is 0 Å². The van der Waals surface area contributed by atoms with Crippen LogP contribution in [0.2, 0.25) is 0 Å². The predicted molar refractivity (Wildman–Crippen MR) is 66.8 cm³/mol. The van der Waals surface area contributed by atoms with Crippen molar-refractivity contribution in [3.63, 3.8) is 0 Å². The molecule has 0 radical (unpaired) electrons. The van der Waals surface area contributed by atoms with Crippen molar-refractivity contribution in [1.29, 1.82) is 0 Å². The van der Waals surface area contributed by atoms with Crippen LogP contribution in [0.25, 0.3) is 0 Å². The van der Waals surface area contributed by atoms with E-state index in [0.29, 0.717) is 12.0 Å². The Kier molecular flexibility index (Phi) is 3.14. The minimum absolute atomic E-state index is 0.415. The number of hydrogen-bond acceptors (Lipinski definition) is 3. The topological polar surface area (TPSA) is 56.7 Å². The molecule has 3 rings (SSSR count). The molecule has 2 N–H and O–H groups in total. The second-order valence-electron chi connectivity index (χ2n) is 5.55. The first kappa shape index (κ1) is 11.2. The fourth-order valence-electron chi connectivity index (χ4n) is 3.19. The van der Waals surface area contributed by atoms with Gasteiger partial charge in [-0.2, -0.15) is 0 Å². The first-order valence-electron chi connectivity index (χ1n) is 7.02. The van der Waals surface area contributed by atoms with E-state index in [1.807, 2.05) is 0 Å². The number of aromatic nitrogens is 3. The predicted octanol–water partition coefficient (Wildman–Crippen LogP) is 1.99. The molecule has 1 aromatic heterocycles. The van der Waals surface area contributed by atoms with Crippen molar-refractivity contribution in [3.05, 3.63) is 11.6 Å². The molecular formula is C13H22N4. The summed E-state index contributed by atoms with van der Waals surface area (Å²) < 4.78 is 2.40. The summed E-state index contributed by atoms with van der Waals surface area (Å²) in [7, 11) is 0. The normalized spacial score (nSPS) is 29.7. The Morgan fingerprint density at radius 1 is 1.00 bits per heavy atom. The molecule has 17 heavy (non-hydrogen) atoms. The minimum atomic E-state index is 0.415. The van der Waals surface area contributed by atoms with Crippen molar-refractivity contribution in [2.75, 3.05) is 0 Å². The number of fused-ring (bicyclic) bond motifs is 1. The summed E-state index contributed by atoms with van der Waals surface area (Å²) in [5, 5.41) is 8.85. The maximum absolute atomic E-state index is 5.97. The van der Waals surface area contributed by atoms with Gasteiger partial charge in [0, 0.05) is 24.9 Å². The van der Waals surface area contributed by atoms with Gasteiger partial charge in [-0.15, -0.1) is 10.2 Å². The van der Waals surface area contributed by atoms with Crippen molar-refractivity contribution in [3.8, 4) is 0 Å². The van der Waals surface area contributed by atoms with Crippen molar-refractivity contribution >= 4 is 0 Å². The average molecular weight is 234 g/mol. The van der Waals surface area contributed by atoms with E-state index in [1.165, 1.54) is 43.8 Å². The van der Waals surface area contributed by atoms with Crippen LogP contribution in [0.5, 0.6) is 0 Å². The second-order valence-corrected chi connectivity index (χ2v) is 5.55. The highest BCUT2D eigenvalue weighted by Gasteiger charge is 2.26. The van der Waals surface area contributed by atoms with Gasteiger partial charge in [0.1, 0.15) is 11.6 Å². The Labute approximate surface area is 103 Å². The Hall–Kier alpha value is -0.900. The number of nitrogens with zero attached hydrogens (tertiary/aromatic N) is 3.